The van der Waals surface area contributed by atoms with E-state index in [9.17, 15) is 8.42 Å². The minimum absolute atomic E-state index is 0.0229. The van der Waals surface area contributed by atoms with Crippen LogP contribution < -0.4 is 10.5 Å². The summed E-state index contributed by atoms with van der Waals surface area (Å²) in [6.07, 6.45) is 5.79. The molecule has 1 aliphatic rings. The van der Waals surface area contributed by atoms with Gasteiger partial charge in [0, 0.05) is 28.8 Å². The number of sulfonamides is 1. The number of nitrogens with one attached hydrogen (secondary N) is 2. The van der Waals surface area contributed by atoms with Crippen molar-refractivity contribution in [2.75, 3.05) is 5.73 Å². The van der Waals surface area contributed by atoms with Crippen LogP contribution in [0.1, 0.15) is 32.6 Å². The molecule has 0 radical (unpaired) electrons. The van der Waals surface area contributed by atoms with Crippen molar-refractivity contribution in [1.82, 2.24) is 9.71 Å². The van der Waals surface area contributed by atoms with Crippen LogP contribution in [0.3, 0.4) is 0 Å². The summed E-state index contributed by atoms with van der Waals surface area (Å²) in [6.45, 7) is 2.11. The Balaban J connectivity index is 1.94. The maximum Gasteiger partial charge on any atom is 0.242 e. The topological polar surface area (TPSA) is 88.0 Å². The van der Waals surface area contributed by atoms with E-state index >= 15 is 0 Å². The lowest BCUT2D eigenvalue weighted by molar-refractivity contribution is 0.310. The molecule has 5 nitrogen and oxygen atoms in total. The molecule has 1 aromatic carbocycles. The summed E-state index contributed by atoms with van der Waals surface area (Å²) in [6, 6.07) is 5.28. The molecule has 1 heterocycles. The molecule has 1 aromatic heterocycles. The predicted octanol–water partition coefficient (Wildman–Crippen LogP) is 2.61. The molecule has 0 spiro atoms. The van der Waals surface area contributed by atoms with E-state index in [0.717, 1.165) is 24.8 Å². The van der Waals surface area contributed by atoms with Crippen LogP contribution in [0.5, 0.6) is 0 Å². The average Bonchev–Trinajstić information content (AvgIpc) is 2.85. The molecule has 0 aliphatic heterocycles. The lowest BCUT2D eigenvalue weighted by Gasteiger charge is -2.29. The van der Waals surface area contributed by atoms with E-state index in [1.54, 1.807) is 24.4 Å². The van der Waals surface area contributed by atoms with Crippen LogP contribution in [0.15, 0.2) is 29.3 Å². The van der Waals surface area contributed by atoms with Crippen molar-refractivity contribution in [2.24, 2.45) is 5.92 Å². The van der Waals surface area contributed by atoms with E-state index < -0.39 is 10.0 Å². The first kappa shape index (κ1) is 14.4. The monoisotopic (exact) mass is 307 g/mol. The third kappa shape index (κ3) is 2.78. The van der Waals surface area contributed by atoms with Gasteiger partial charge in [0.1, 0.15) is 4.90 Å². The van der Waals surface area contributed by atoms with Gasteiger partial charge in [-0.25, -0.2) is 13.1 Å². The van der Waals surface area contributed by atoms with Crippen LogP contribution in [0.2, 0.25) is 0 Å². The van der Waals surface area contributed by atoms with Gasteiger partial charge in [0.2, 0.25) is 10.0 Å². The number of aromatic nitrogens is 1. The molecule has 0 bridgehead atoms. The van der Waals surface area contributed by atoms with Gasteiger partial charge in [-0.05, 0) is 37.0 Å². The highest BCUT2D eigenvalue weighted by atomic mass is 32.2. The van der Waals surface area contributed by atoms with E-state index in [2.05, 4.69) is 16.6 Å². The van der Waals surface area contributed by atoms with Crippen molar-refractivity contribution in [3.05, 3.63) is 24.4 Å². The standard InChI is InChI=1S/C15H21N3O2S/c1-10-4-2-3-5-13(10)18-21(19,20)15-9-17-14-7-6-11(16)8-12(14)15/h6-10,13,17-18H,2-5,16H2,1H3. The maximum atomic E-state index is 12.7. The highest BCUT2D eigenvalue weighted by Gasteiger charge is 2.28. The van der Waals surface area contributed by atoms with Crippen LogP contribution in [-0.2, 0) is 10.0 Å². The molecule has 3 rings (SSSR count). The minimum atomic E-state index is -3.53. The second-order valence-electron chi connectivity index (χ2n) is 5.95. The summed E-state index contributed by atoms with van der Waals surface area (Å²) in [5, 5.41) is 0.644. The Morgan fingerprint density at radius 2 is 2.05 bits per heavy atom. The van der Waals surface area contributed by atoms with Crippen LogP contribution in [0.25, 0.3) is 10.9 Å². The molecule has 0 saturated heterocycles. The van der Waals surface area contributed by atoms with E-state index in [4.69, 9.17) is 5.73 Å². The smallest absolute Gasteiger partial charge is 0.242 e. The quantitative estimate of drug-likeness (QED) is 0.762. The van der Waals surface area contributed by atoms with Gasteiger partial charge in [-0.3, -0.25) is 0 Å². The number of H-pyrrole nitrogens is 1. The van der Waals surface area contributed by atoms with Gasteiger partial charge in [-0.15, -0.1) is 0 Å². The van der Waals surface area contributed by atoms with Crippen LogP contribution in [-0.4, -0.2) is 19.4 Å². The molecular weight excluding hydrogens is 286 g/mol. The van der Waals surface area contributed by atoms with E-state index in [-0.39, 0.29) is 10.9 Å². The zero-order chi connectivity index (χ0) is 15.0. The molecule has 1 aliphatic carbocycles. The summed E-state index contributed by atoms with van der Waals surface area (Å²) in [5.74, 6) is 0.379. The number of aromatic amines is 1. The number of hydrogen-bond donors (Lipinski definition) is 3. The van der Waals surface area contributed by atoms with Gasteiger partial charge in [-0.1, -0.05) is 19.8 Å². The Hall–Kier alpha value is -1.53. The second-order valence-corrected chi connectivity index (χ2v) is 7.63. The fraction of sp³-hybridized carbons (Fsp3) is 0.467. The molecule has 2 atom stereocenters. The lowest BCUT2D eigenvalue weighted by atomic mass is 9.87. The van der Waals surface area contributed by atoms with E-state index in [0.29, 0.717) is 17.0 Å². The summed E-state index contributed by atoms with van der Waals surface area (Å²) < 4.78 is 28.2. The first-order chi connectivity index (χ1) is 9.97. The second kappa shape index (κ2) is 5.35. The molecule has 1 fully saturated rings. The van der Waals surface area contributed by atoms with Crippen molar-refractivity contribution in [1.29, 1.82) is 0 Å². The number of nitrogens with two attached hydrogens (primary N) is 1. The number of rotatable bonds is 3. The predicted molar refractivity (Wildman–Crippen MR) is 84.5 cm³/mol. The van der Waals surface area contributed by atoms with Gasteiger partial charge in [0.25, 0.3) is 0 Å². The molecule has 1 saturated carbocycles. The van der Waals surface area contributed by atoms with Crippen molar-refractivity contribution in [2.45, 2.75) is 43.5 Å². The first-order valence-corrected chi connectivity index (χ1v) is 8.84. The summed E-state index contributed by atoms with van der Waals surface area (Å²) in [5.41, 5.74) is 7.11. The zero-order valence-electron chi connectivity index (χ0n) is 12.1. The third-order valence-electron chi connectivity index (χ3n) is 4.38. The van der Waals surface area contributed by atoms with Crippen molar-refractivity contribution in [3.8, 4) is 0 Å². The van der Waals surface area contributed by atoms with E-state index in [1.807, 2.05) is 0 Å². The summed E-state index contributed by atoms with van der Waals surface area (Å²) in [7, 11) is -3.53. The van der Waals surface area contributed by atoms with Crippen molar-refractivity contribution >= 4 is 26.6 Å². The zero-order valence-corrected chi connectivity index (χ0v) is 12.9. The normalized spacial score (nSPS) is 23.5. The van der Waals surface area contributed by atoms with E-state index in [1.165, 1.54) is 6.42 Å². The number of nitrogen functional groups attached to an aromatic ring is 1. The Bertz CT molecular complexity index is 751. The summed E-state index contributed by atoms with van der Waals surface area (Å²) in [4.78, 5) is 3.28. The molecule has 0 amide bonds. The van der Waals surface area contributed by atoms with Crippen LogP contribution in [0, 0.1) is 5.92 Å². The largest absolute Gasteiger partial charge is 0.399 e. The lowest BCUT2D eigenvalue weighted by Crippen LogP contribution is -2.40. The first-order valence-electron chi connectivity index (χ1n) is 7.36. The highest BCUT2D eigenvalue weighted by Crippen LogP contribution is 2.28. The molecule has 2 aromatic rings. The Morgan fingerprint density at radius 1 is 1.29 bits per heavy atom. The third-order valence-corrected chi connectivity index (χ3v) is 5.91. The molecular formula is C15H21N3O2S. The molecule has 6 heteroatoms. The van der Waals surface area contributed by atoms with Crippen molar-refractivity contribution in [3.63, 3.8) is 0 Å². The highest BCUT2D eigenvalue weighted by molar-refractivity contribution is 7.89. The Morgan fingerprint density at radius 3 is 2.81 bits per heavy atom. The van der Waals surface area contributed by atoms with Gasteiger partial charge in [-0.2, -0.15) is 0 Å². The Kier molecular flexibility index (Phi) is 3.67. The summed E-state index contributed by atoms with van der Waals surface area (Å²) >= 11 is 0. The molecule has 114 valence electrons. The van der Waals surface area contributed by atoms with Gasteiger partial charge < -0.3 is 10.7 Å². The van der Waals surface area contributed by atoms with Crippen molar-refractivity contribution < 1.29 is 8.42 Å². The SMILES string of the molecule is CC1CCCCC1NS(=O)(=O)c1c[nH]c2ccc(N)cc12. The fourth-order valence-electron chi connectivity index (χ4n) is 3.09. The number of fused-ring (bicyclic) bond motifs is 1. The molecule has 4 N–H and O–H groups in total. The van der Waals surface area contributed by atoms with Gasteiger partial charge >= 0.3 is 0 Å². The Labute approximate surface area is 125 Å². The van der Waals surface area contributed by atoms with Gasteiger partial charge in [0.05, 0.1) is 0 Å². The van der Waals surface area contributed by atoms with Crippen LogP contribution >= 0.6 is 0 Å². The average molecular weight is 307 g/mol. The number of benzene rings is 1. The van der Waals surface area contributed by atoms with Gasteiger partial charge in [0.15, 0.2) is 0 Å². The minimum Gasteiger partial charge on any atom is -0.399 e. The maximum absolute atomic E-state index is 12.7. The fourth-order valence-corrected chi connectivity index (χ4v) is 4.64. The number of anilines is 1. The number of hydrogen-bond acceptors (Lipinski definition) is 3. The molecule has 21 heavy (non-hydrogen) atoms. The molecule has 2 unspecified atom stereocenters. The van der Waals surface area contributed by atoms with Crippen LogP contribution in [0.4, 0.5) is 5.69 Å².